The fourth-order valence-electron chi connectivity index (χ4n) is 6.94. The molecule has 0 radical (unpaired) electrons. The van der Waals surface area contributed by atoms with E-state index in [4.69, 9.17) is 0 Å². The third-order valence-electron chi connectivity index (χ3n) is 9.10. The zero-order valence-electron chi connectivity index (χ0n) is 24.7. The van der Waals surface area contributed by atoms with Gasteiger partial charge in [-0.3, -0.25) is 0 Å². The Morgan fingerprint density at radius 1 is 0.289 bits per heavy atom. The van der Waals surface area contributed by atoms with Crippen LogP contribution in [0.4, 0.5) is 17.1 Å². The van der Waals surface area contributed by atoms with Crippen LogP contribution in [0, 0.1) is 0 Å². The SMILES string of the molecule is c1ccc(N(c2ccccc2)c2ccc(-c3cccc4ccc5cc6cc7cc8ccccc8cc7cc6cc5c34)cc2)cc1. The van der Waals surface area contributed by atoms with Gasteiger partial charge in [-0.25, -0.2) is 0 Å². The van der Waals surface area contributed by atoms with Crippen molar-refractivity contribution in [2.45, 2.75) is 0 Å². The van der Waals surface area contributed by atoms with Crippen molar-refractivity contribution in [3.63, 3.8) is 0 Å². The van der Waals surface area contributed by atoms with Gasteiger partial charge >= 0.3 is 0 Å². The van der Waals surface area contributed by atoms with E-state index in [-0.39, 0.29) is 0 Å². The molecule has 0 N–H and O–H groups in total. The Labute approximate surface area is 262 Å². The van der Waals surface area contributed by atoms with Gasteiger partial charge in [-0.05, 0) is 138 Å². The van der Waals surface area contributed by atoms with Gasteiger partial charge in [0.15, 0.2) is 0 Å². The van der Waals surface area contributed by atoms with E-state index in [1.807, 2.05) is 0 Å². The standard InChI is InChI=1S/C44H29N/c1-3-13-39(14-4-1)45(40-15-5-2-6-16-40)41-22-20-30(21-23-41)42-17-9-12-31-18-19-34-26-37-27-35-24-32-10-7-8-11-33(32)25-36(35)28-38(37)29-43(34)44(31)42/h1-29H. The molecule has 0 aliphatic rings. The highest BCUT2D eigenvalue weighted by Gasteiger charge is 2.14. The summed E-state index contributed by atoms with van der Waals surface area (Å²) in [5.41, 5.74) is 5.87. The lowest BCUT2D eigenvalue weighted by molar-refractivity contribution is 1.28. The molecule has 0 heterocycles. The van der Waals surface area contributed by atoms with E-state index < -0.39 is 0 Å². The molecule has 0 aliphatic heterocycles. The second kappa shape index (κ2) is 10.4. The average Bonchev–Trinajstić information content (AvgIpc) is 3.10. The van der Waals surface area contributed by atoms with E-state index in [1.165, 1.54) is 65.0 Å². The third kappa shape index (κ3) is 4.41. The van der Waals surface area contributed by atoms with Crippen LogP contribution >= 0.6 is 0 Å². The van der Waals surface area contributed by atoms with Gasteiger partial charge in [-0.1, -0.05) is 103 Å². The quantitative estimate of drug-likeness (QED) is 0.150. The Kier molecular flexibility index (Phi) is 5.89. The second-order valence-corrected chi connectivity index (χ2v) is 11.8. The monoisotopic (exact) mass is 571 g/mol. The summed E-state index contributed by atoms with van der Waals surface area (Å²) in [7, 11) is 0. The predicted octanol–water partition coefficient (Wildman–Crippen LogP) is 12.6. The molecule has 0 atom stereocenters. The molecule has 0 bridgehead atoms. The summed E-state index contributed by atoms with van der Waals surface area (Å²) in [5, 5.41) is 12.8. The molecule has 9 aromatic carbocycles. The Morgan fingerprint density at radius 2 is 0.756 bits per heavy atom. The van der Waals surface area contributed by atoms with E-state index in [1.54, 1.807) is 0 Å². The smallest absolute Gasteiger partial charge is 0.0462 e. The van der Waals surface area contributed by atoms with Crippen LogP contribution in [0.2, 0.25) is 0 Å². The number of nitrogens with zero attached hydrogens (tertiary/aromatic N) is 1. The lowest BCUT2D eigenvalue weighted by Gasteiger charge is -2.25. The van der Waals surface area contributed by atoms with Gasteiger partial charge in [0.2, 0.25) is 0 Å². The largest absolute Gasteiger partial charge is 0.311 e. The van der Waals surface area contributed by atoms with Crippen molar-refractivity contribution in [2.24, 2.45) is 0 Å². The maximum Gasteiger partial charge on any atom is 0.0462 e. The minimum atomic E-state index is 1.13. The molecule has 210 valence electrons. The number of hydrogen-bond acceptors (Lipinski definition) is 1. The number of fused-ring (bicyclic) bond motifs is 6. The summed E-state index contributed by atoms with van der Waals surface area (Å²) in [6, 6.07) is 64.1. The number of benzene rings is 9. The molecular weight excluding hydrogens is 542 g/mol. The van der Waals surface area contributed by atoms with Crippen LogP contribution in [0.3, 0.4) is 0 Å². The second-order valence-electron chi connectivity index (χ2n) is 11.8. The number of rotatable bonds is 4. The molecule has 0 amide bonds. The van der Waals surface area contributed by atoms with Crippen molar-refractivity contribution >= 4 is 70.9 Å². The lowest BCUT2D eigenvalue weighted by atomic mass is 9.91. The van der Waals surface area contributed by atoms with Gasteiger partial charge in [0.1, 0.15) is 0 Å². The first-order chi connectivity index (χ1) is 22.3. The van der Waals surface area contributed by atoms with Gasteiger partial charge in [0.05, 0.1) is 0 Å². The zero-order chi connectivity index (χ0) is 29.7. The van der Waals surface area contributed by atoms with Crippen LogP contribution in [-0.2, 0) is 0 Å². The minimum Gasteiger partial charge on any atom is -0.311 e. The van der Waals surface area contributed by atoms with Crippen molar-refractivity contribution in [3.05, 3.63) is 176 Å². The summed E-state index contributed by atoms with van der Waals surface area (Å²) >= 11 is 0. The summed E-state index contributed by atoms with van der Waals surface area (Å²) in [6.45, 7) is 0. The molecule has 0 saturated carbocycles. The summed E-state index contributed by atoms with van der Waals surface area (Å²) in [5.74, 6) is 0. The molecule has 0 unspecified atom stereocenters. The third-order valence-corrected chi connectivity index (χ3v) is 9.10. The van der Waals surface area contributed by atoms with Gasteiger partial charge in [-0.15, -0.1) is 0 Å². The van der Waals surface area contributed by atoms with Crippen molar-refractivity contribution in [2.75, 3.05) is 4.90 Å². The van der Waals surface area contributed by atoms with Crippen LogP contribution in [0.5, 0.6) is 0 Å². The van der Waals surface area contributed by atoms with Crippen molar-refractivity contribution < 1.29 is 0 Å². The van der Waals surface area contributed by atoms with Gasteiger partial charge in [-0.2, -0.15) is 0 Å². The summed E-state index contributed by atoms with van der Waals surface area (Å²) < 4.78 is 0. The fourth-order valence-corrected chi connectivity index (χ4v) is 6.94. The molecule has 0 saturated heterocycles. The van der Waals surface area contributed by atoms with Crippen molar-refractivity contribution in [3.8, 4) is 11.1 Å². The molecule has 0 fully saturated rings. The van der Waals surface area contributed by atoms with Crippen LogP contribution in [0.25, 0.3) is 65.0 Å². The molecule has 1 heteroatoms. The first-order valence-corrected chi connectivity index (χ1v) is 15.5. The molecule has 45 heavy (non-hydrogen) atoms. The van der Waals surface area contributed by atoms with Crippen LogP contribution < -0.4 is 4.90 Å². The zero-order valence-corrected chi connectivity index (χ0v) is 24.7. The molecule has 0 aromatic heterocycles. The van der Waals surface area contributed by atoms with E-state index in [2.05, 4.69) is 181 Å². The molecule has 9 rings (SSSR count). The number of hydrogen-bond donors (Lipinski definition) is 0. The predicted molar refractivity (Wildman–Crippen MR) is 194 cm³/mol. The number of anilines is 3. The Bertz CT molecular complexity index is 2470. The summed E-state index contributed by atoms with van der Waals surface area (Å²) in [4.78, 5) is 2.31. The van der Waals surface area contributed by atoms with Crippen LogP contribution in [0.15, 0.2) is 176 Å². The first-order valence-electron chi connectivity index (χ1n) is 15.5. The Hall–Kier alpha value is -5.92. The molecule has 1 nitrogen and oxygen atoms in total. The van der Waals surface area contributed by atoms with E-state index in [9.17, 15) is 0 Å². The lowest BCUT2D eigenvalue weighted by Crippen LogP contribution is -2.09. The molecular formula is C44H29N. The highest BCUT2D eigenvalue weighted by Crippen LogP contribution is 2.40. The first kappa shape index (κ1) is 25.6. The molecule has 9 aromatic rings. The Balaban J connectivity index is 1.20. The number of para-hydroxylation sites is 2. The maximum atomic E-state index is 2.39. The Morgan fingerprint density at radius 3 is 1.38 bits per heavy atom. The highest BCUT2D eigenvalue weighted by atomic mass is 15.1. The fraction of sp³-hybridized carbons (Fsp3) is 0. The van der Waals surface area contributed by atoms with E-state index in [0.717, 1.165) is 17.1 Å². The maximum absolute atomic E-state index is 2.39. The van der Waals surface area contributed by atoms with E-state index in [0.29, 0.717) is 0 Å². The average molecular weight is 572 g/mol. The highest BCUT2D eigenvalue weighted by molar-refractivity contribution is 6.18. The van der Waals surface area contributed by atoms with Crippen molar-refractivity contribution in [1.82, 2.24) is 0 Å². The topological polar surface area (TPSA) is 3.24 Å². The van der Waals surface area contributed by atoms with E-state index >= 15 is 0 Å². The van der Waals surface area contributed by atoms with Crippen LogP contribution in [-0.4, -0.2) is 0 Å². The minimum absolute atomic E-state index is 1.13. The molecule has 0 spiro atoms. The normalized spacial score (nSPS) is 11.6. The molecule has 0 aliphatic carbocycles. The van der Waals surface area contributed by atoms with Gasteiger partial charge < -0.3 is 4.90 Å². The van der Waals surface area contributed by atoms with Gasteiger partial charge in [0.25, 0.3) is 0 Å². The van der Waals surface area contributed by atoms with Gasteiger partial charge in [0, 0.05) is 17.1 Å². The summed E-state index contributed by atoms with van der Waals surface area (Å²) in [6.07, 6.45) is 0. The van der Waals surface area contributed by atoms with Crippen molar-refractivity contribution in [1.29, 1.82) is 0 Å². The van der Waals surface area contributed by atoms with Crippen LogP contribution in [0.1, 0.15) is 0 Å².